The number of nitrogens with one attached hydrogen (secondary N) is 1. The second-order valence-electron chi connectivity index (χ2n) is 4.46. The number of anilines is 1. The van der Waals surface area contributed by atoms with Gasteiger partial charge in [-0.1, -0.05) is 23.4 Å². The van der Waals surface area contributed by atoms with Crippen LogP contribution in [0.25, 0.3) is 0 Å². The summed E-state index contributed by atoms with van der Waals surface area (Å²) in [5.41, 5.74) is 0.405. The van der Waals surface area contributed by atoms with Gasteiger partial charge in [0, 0.05) is 20.5 Å². The Labute approximate surface area is 141 Å². The standard InChI is InChI=1S/C16H11ClN2O3S/c17-10-1-4-12(5-2-10)23-14-6-3-11(9-13(14)16(21)22)19-15(20)7-8-18/h1-6,9H,7H2,(H,19,20)(H,21,22). The molecule has 0 heterocycles. The van der Waals surface area contributed by atoms with E-state index in [4.69, 9.17) is 16.9 Å². The highest BCUT2D eigenvalue weighted by Crippen LogP contribution is 2.32. The third-order valence-corrected chi connectivity index (χ3v) is 4.11. The summed E-state index contributed by atoms with van der Waals surface area (Å²) < 4.78 is 0. The minimum atomic E-state index is -1.10. The lowest BCUT2D eigenvalue weighted by molar-refractivity contribution is -0.115. The van der Waals surface area contributed by atoms with E-state index in [0.29, 0.717) is 15.6 Å². The van der Waals surface area contributed by atoms with Crippen LogP contribution in [0.5, 0.6) is 0 Å². The van der Waals surface area contributed by atoms with Crippen LogP contribution in [0, 0.1) is 11.3 Å². The second kappa shape index (κ2) is 7.68. The minimum Gasteiger partial charge on any atom is -0.478 e. The van der Waals surface area contributed by atoms with E-state index in [2.05, 4.69) is 5.32 Å². The van der Waals surface area contributed by atoms with Crippen molar-refractivity contribution in [2.75, 3.05) is 5.32 Å². The van der Waals surface area contributed by atoms with E-state index in [1.807, 2.05) is 0 Å². The van der Waals surface area contributed by atoms with Gasteiger partial charge in [-0.25, -0.2) is 4.79 Å². The number of carboxylic acids is 1. The molecular weight excluding hydrogens is 336 g/mol. The Morgan fingerprint density at radius 3 is 2.52 bits per heavy atom. The zero-order chi connectivity index (χ0) is 16.8. The highest BCUT2D eigenvalue weighted by molar-refractivity contribution is 7.99. The third kappa shape index (κ3) is 4.74. The number of aromatic carboxylic acids is 1. The van der Waals surface area contributed by atoms with Crippen LogP contribution in [0.15, 0.2) is 52.3 Å². The maximum absolute atomic E-state index is 11.4. The average Bonchev–Trinajstić information content (AvgIpc) is 2.51. The third-order valence-electron chi connectivity index (χ3n) is 2.77. The lowest BCUT2D eigenvalue weighted by atomic mass is 10.2. The predicted octanol–water partition coefficient (Wildman–Crippen LogP) is 4.04. The number of carbonyl (C=O) groups excluding carboxylic acids is 1. The molecule has 7 heteroatoms. The molecular formula is C16H11ClN2O3S. The van der Waals surface area contributed by atoms with Crippen molar-refractivity contribution in [3.8, 4) is 6.07 Å². The smallest absolute Gasteiger partial charge is 0.336 e. The molecule has 0 unspecified atom stereocenters. The molecule has 5 nitrogen and oxygen atoms in total. The van der Waals surface area contributed by atoms with Crippen molar-refractivity contribution >= 4 is 40.9 Å². The second-order valence-corrected chi connectivity index (χ2v) is 6.01. The molecule has 2 N–H and O–H groups in total. The number of rotatable bonds is 5. The summed E-state index contributed by atoms with van der Waals surface area (Å²) >= 11 is 7.11. The fourth-order valence-electron chi connectivity index (χ4n) is 1.77. The van der Waals surface area contributed by atoms with Crippen LogP contribution >= 0.6 is 23.4 Å². The van der Waals surface area contributed by atoms with Crippen molar-refractivity contribution in [1.29, 1.82) is 5.26 Å². The first-order valence-electron chi connectivity index (χ1n) is 6.47. The lowest BCUT2D eigenvalue weighted by Crippen LogP contribution is -2.11. The van der Waals surface area contributed by atoms with Gasteiger partial charge in [-0.15, -0.1) is 0 Å². The van der Waals surface area contributed by atoms with Gasteiger partial charge in [-0.05, 0) is 42.5 Å². The highest BCUT2D eigenvalue weighted by Gasteiger charge is 2.13. The maximum Gasteiger partial charge on any atom is 0.336 e. The number of carboxylic acid groups (broad SMARTS) is 1. The Hall–Kier alpha value is -2.49. The normalized spacial score (nSPS) is 9.91. The van der Waals surface area contributed by atoms with Crippen LogP contribution in [0.1, 0.15) is 16.8 Å². The zero-order valence-electron chi connectivity index (χ0n) is 11.7. The van der Waals surface area contributed by atoms with Gasteiger partial charge in [0.1, 0.15) is 6.42 Å². The zero-order valence-corrected chi connectivity index (χ0v) is 13.3. The molecule has 23 heavy (non-hydrogen) atoms. The maximum atomic E-state index is 11.4. The molecule has 0 aliphatic carbocycles. The van der Waals surface area contributed by atoms with E-state index < -0.39 is 11.9 Å². The molecule has 0 fully saturated rings. The largest absolute Gasteiger partial charge is 0.478 e. The van der Waals surface area contributed by atoms with Gasteiger partial charge in [-0.2, -0.15) is 5.26 Å². The first kappa shape index (κ1) is 16.9. The lowest BCUT2D eigenvalue weighted by Gasteiger charge is -2.09. The Morgan fingerprint density at radius 2 is 1.91 bits per heavy atom. The molecule has 2 aromatic carbocycles. The molecule has 116 valence electrons. The van der Waals surface area contributed by atoms with Gasteiger partial charge in [0.2, 0.25) is 5.91 Å². The van der Waals surface area contributed by atoms with Gasteiger partial charge >= 0.3 is 5.97 Å². The molecule has 2 rings (SSSR count). The monoisotopic (exact) mass is 346 g/mol. The van der Waals surface area contributed by atoms with Gasteiger partial charge in [0.15, 0.2) is 0 Å². The van der Waals surface area contributed by atoms with Crippen LogP contribution in [0.2, 0.25) is 5.02 Å². The number of nitrogens with zero attached hydrogens (tertiary/aromatic N) is 1. The quantitative estimate of drug-likeness (QED) is 0.852. The average molecular weight is 347 g/mol. The van der Waals surface area contributed by atoms with Gasteiger partial charge in [0.05, 0.1) is 11.6 Å². The van der Waals surface area contributed by atoms with E-state index >= 15 is 0 Å². The molecule has 0 spiro atoms. The Morgan fingerprint density at radius 1 is 1.22 bits per heavy atom. The van der Waals surface area contributed by atoms with E-state index in [9.17, 15) is 14.7 Å². The van der Waals surface area contributed by atoms with E-state index in [1.54, 1.807) is 42.5 Å². The van der Waals surface area contributed by atoms with Crippen molar-refractivity contribution in [2.24, 2.45) is 0 Å². The van der Waals surface area contributed by atoms with Gasteiger partial charge in [0.25, 0.3) is 0 Å². The molecule has 0 aliphatic rings. The van der Waals surface area contributed by atoms with Crippen LogP contribution in [-0.2, 0) is 4.79 Å². The van der Waals surface area contributed by atoms with E-state index in [1.165, 1.54) is 17.8 Å². The number of benzene rings is 2. The first-order chi connectivity index (χ1) is 11.0. The summed E-state index contributed by atoms with van der Waals surface area (Å²) in [6.07, 6.45) is -0.288. The minimum absolute atomic E-state index is 0.0692. The topological polar surface area (TPSA) is 90.2 Å². The number of nitriles is 1. The summed E-state index contributed by atoms with van der Waals surface area (Å²) in [6.45, 7) is 0. The number of halogens is 1. The molecule has 2 aromatic rings. The molecule has 0 aromatic heterocycles. The summed E-state index contributed by atoms with van der Waals surface area (Å²) in [5.74, 6) is -1.58. The Balaban J connectivity index is 2.26. The van der Waals surface area contributed by atoms with Crippen molar-refractivity contribution in [1.82, 2.24) is 0 Å². The number of hydrogen-bond acceptors (Lipinski definition) is 4. The number of amides is 1. The molecule has 0 aliphatic heterocycles. The van der Waals surface area contributed by atoms with Gasteiger partial charge < -0.3 is 10.4 Å². The Kier molecular flexibility index (Phi) is 5.63. The molecule has 0 saturated carbocycles. The number of carbonyl (C=O) groups is 2. The van der Waals surface area contributed by atoms with Crippen molar-refractivity contribution in [2.45, 2.75) is 16.2 Å². The molecule has 0 atom stereocenters. The highest BCUT2D eigenvalue weighted by atomic mass is 35.5. The van der Waals surface area contributed by atoms with Crippen LogP contribution in [-0.4, -0.2) is 17.0 Å². The number of hydrogen-bond donors (Lipinski definition) is 2. The summed E-state index contributed by atoms with van der Waals surface area (Å²) in [6, 6.07) is 13.3. The first-order valence-corrected chi connectivity index (χ1v) is 7.66. The summed E-state index contributed by atoms with van der Waals surface area (Å²) in [5, 5.41) is 20.9. The molecule has 0 bridgehead atoms. The van der Waals surface area contributed by atoms with Crippen LogP contribution in [0.3, 0.4) is 0 Å². The summed E-state index contributed by atoms with van der Waals surface area (Å²) in [7, 11) is 0. The van der Waals surface area contributed by atoms with E-state index in [-0.39, 0.29) is 12.0 Å². The van der Waals surface area contributed by atoms with E-state index in [0.717, 1.165) is 4.90 Å². The van der Waals surface area contributed by atoms with Crippen molar-refractivity contribution in [3.05, 3.63) is 53.1 Å². The fraction of sp³-hybridized carbons (Fsp3) is 0.0625. The van der Waals surface area contributed by atoms with Gasteiger partial charge in [-0.3, -0.25) is 4.79 Å². The van der Waals surface area contributed by atoms with Crippen molar-refractivity contribution < 1.29 is 14.7 Å². The van der Waals surface area contributed by atoms with Crippen LogP contribution < -0.4 is 5.32 Å². The Bertz CT molecular complexity index is 785. The van der Waals surface area contributed by atoms with Crippen molar-refractivity contribution in [3.63, 3.8) is 0 Å². The fourth-order valence-corrected chi connectivity index (χ4v) is 2.81. The predicted molar refractivity (Wildman–Crippen MR) is 87.8 cm³/mol. The SMILES string of the molecule is N#CCC(=O)Nc1ccc(Sc2ccc(Cl)cc2)c(C(=O)O)c1. The molecule has 0 saturated heterocycles. The van der Waals surface area contributed by atoms with Crippen LogP contribution in [0.4, 0.5) is 5.69 Å². The summed E-state index contributed by atoms with van der Waals surface area (Å²) in [4.78, 5) is 24.2. The molecule has 1 amide bonds. The molecule has 0 radical (unpaired) electrons.